The first kappa shape index (κ1) is 16.7. The van der Waals surface area contributed by atoms with Crippen LogP contribution in [-0.4, -0.2) is 19.0 Å². The van der Waals surface area contributed by atoms with Crippen molar-refractivity contribution in [2.45, 2.75) is 52.6 Å². The maximum Gasteiger partial charge on any atom is 0.237 e. The second-order valence-corrected chi connectivity index (χ2v) is 6.49. The molecule has 0 aliphatic rings. The zero-order chi connectivity index (χ0) is 15.2. The fourth-order valence-electron chi connectivity index (χ4n) is 2.34. The van der Waals surface area contributed by atoms with Gasteiger partial charge in [0.25, 0.3) is 0 Å². The molecule has 0 aliphatic heterocycles. The third kappa shape index (κ3) is 5.33. The highest BCUT2D eigenvalue weighted by Crippen LogP contribution is 2.29. The minimum absolute atomic E-state index is 0.0612. The Morgan fingerprint density at radius 2 is 1.80 bits per heavy atom. The van der Waals surface area contributed by atoms with Crippen molar-refractivity contribution >= 4 is 5.91 Å². The number of benzene rings is 1. The molecule has 3 nitrogen and oxygen atoms in total. The van der Waals surface area contributed by atoms with E-state index in [0.29, 0.717) is 0 Å². The number of carbonyl (C=O) groups is 1. The normalized spacial score (nSPS) is 14.7. The Balaban J connectivity index is 2.86. The summed E-state index contributed by atoms with van der Waals surface area (Å²) < 4.78 is 0. The molecule has 1 aromatic carbocycles. The second-order valence-electron chi connectivity index (χ2n) is 6.49. The van der Waals surface area contributed by atoms with Gasteiger partial charge in [-0.1, -0.05) is 58.0 Å². The fraction of sp³-hybridized carbons (Fsp3) is 0.588. The summed E-state index contributed by atoms with van der Waals surface area (Å²) in [5, 5.41) is 6.25. The summed E-state index contributed by atoms with van der Waals surface area (Å²) in [4.78, 5) is 12.3. The number of hydrogen-bond donors (Lipinski definition) is 2. The van der Waals surface area contributed by atoms with Crippen molar-refractivity contribution in [1.82, 2.24) is 10.6 Å². The first-order valence-corrected chi connectivity index (χ1v) is 7.40. The molecule has 20 heavy (non-hydrogen) atoms. The lowest BCUT2D eigenvalue weighted by atomic mass is 9.85. The van der Waals surface area contributed by atoms with Crippen LogP contribution in [0.5, 0.6) is 0 Å². The van der Waals surface area contributed by atoms with E-state index in [4.69, 9.17) is 0 Å². The summed E-state index contributed by atoms with van der Waals surface area (Å²) in [7, 11) is 1.83. The second kappa shape index (κ2) is 7.44. The topological polar surface area (TPSA) is 41.1 Å². The van der Waals surface area contributed by atoms with E-state index >= 15 is 0 Å². The molecule has 0 saturated carbocycles. The van der Waals surface area contributed by atoms with E-state index in [-0.39, 0.29) is 23.4 Å². The van der Waals surface area contributed by atoms with Gasteiger partial charge in [0.1, 0.15) is 0 Å². The third-order valence-corrected chi connectivity index (χ3v) is 3.41. The highest BCUT2D eigenvalue weighted by atomic mass is 16.2. The van der Waals surface area contributed by atoms with Crippen LogP contribution in [0.1, 0.15) is 52.1 Å². The monoisotopic (exact) mass is 276 g/mol. The van der Waals surface area contributed by atoms with Gasteiger partial charge in [0.05, 0.1) is 12.1 Å². The van der Waals surface area contributed by atoms with Crippen molar-refractivity contribution in [3.63, 3.8) is 0 Å². The molecule has 1 amide bonds. The van der Waals surface area contributed by atoms with Crippen molar-refractivity contribution in [1.29, 1.82) is 0 Å². The highest BCUT2D eigenvalue weighted by molar-refractivity contribution is 5.82. The van der Waals surface area contributed by atoms with Crippen LogP contribution < -0.4 is 10.6 Å². The predicted molar refractivity (Wildman–Crippen MR) is 84.5 cm³/mol. The maximum atomic E-state index is 12.3. The van der Waals surface area contributed by atoms with Crippen LogP contribution in [0, 0.1) is 5.41 Å². The predicted octanol–water partition coefficient (Wildman–Crippen LogP) is 3.28. The van der Waals surface area contributed by atoms with Gasteiger partial charge in [-0.25, -0.2) is 0 Å². The molecule has 0 bridgehead atoms. The minimum Gasteiger partial charge on any atom is -0.348 e. The molecule has 2 atom stereocenters. The Hall–Kier alpha value is -1.35. The Kier molecular flexibility index (Phi) is 6.21. The standard InChI is InChI=1S/C17H28N2O/c1-6-14(18-5)16(20)19-15(12-17(2,3)4)13-10-8-7-9-11-13/h7-11,14-15,18H,6,12H2,1-5H3,(H,19,20). The average molecular weight is 276 g/mol. The number of nitrogens with one attached hydrogen (secondary N) is 2. The number of rotatable bonds is 6. The fourth-order valence-corrected chi connectivity index (χ4v) is 2.34. The molecule has 112 valence electrons. The van der Waals surface area contributed by atoms with Gasteiger partial charge in [-0.2, -0.15) is 0 Å². The molecular formula is C17H28N2O. The maximum absolute atomic E-state index is 12.3. The Morgan fingerprint density at radius 3 is 2.25 bits per heavy atom. The van der Waals surface area contributed by atoms with Crippen molar-refractivity contribution < 1.29 is 4.79 Å². The number of hydrogen-bond acceptors (Lipinski definition) is 2. The van der Waals surface area contributed by atoms with E-state index in [0.717, 1.165) is 12.8 Å². The van der Waals surface area contributed by atoms with Crippen LogP contribution in [0.25, 0.3) is 0 Å². The van der Waals surface area contributed by atoms with Crippen LogP contribution in [-0.2, 0) is 4.79 Å². The molecule has 0 aromatic heterocycles. The molecule has 0 aliphatic carbocycles. The molecule has 2 N–H and O–H groups in total. The molecule has 1 rings (SSSR count). The van der Waals surface area contributed by atoms with E-state index in [9.17, 15) is 4.79 Å². The molecule has 3 heteroatoms. The van der Waals surface area contributed by atoms with Crippen molar-refractivity contribution in [3.05, 3.63) is 35.9 Å². The summed E-state index contributed by atoms with van der Waals surface area (Å²) >= 11 is 0. The summed E-state index contributed by atoms with van der Waals surface area (Å²) in [5.74, 6) is 0.0769. The SMILES string of the molecule is CCC(NC)C(=O)NC(CC(C)(C)C)c1ccccc1. The van der Waals surface area contributed by atoms with E-state index in [1.807, 2.05) is 32.2 Å². The first-order valence-electron chi connectivity index (χ1n) is 7.40. The highest BCUT2D eigenvalue weighted by Gasteiger charge is 2.24. The molecular weight excluding hydrogens is 248 g/mol. The average Bonchev–Trinajstić information content (AvgIpc) is 2.39. The smallest absolute Gasteiger partial charge is 0.237 e. The lowest BCUT2D eigenvalue weighted by Crippen LogP contribution is -2.44. The van der Waals surface area contributed by atoms with Crippen LogP contribution >= 0.6 is 0 Å². The Labute approximate surface area is 123 Å². The van der Waals surface area contributed by atoms with Crippen LogP contribution in [0.4, 0.5) is 0 Å². The molecule has 0 fully saturated rings. The van der Waals surface area contributed by atoms with Gasteiger partial charge in [0.2, 0.25) is 5.91 Å². The van der Waals surface area contributed by atoms with Crippen LogP contribution in [0.2, 0.25) is 0 Å². The molecule has 0 saturated heterocycles. The number of likely N-dealkylation sites (N-methyl/N-ethyl adjacent to an activating group) is 1. The molecule has 0 spiro atoms. The number of carbonyl (C=O) groups excluding carboxylic acids is 1. The lowest BCUT2D eigenvalue weighted by Gasteiger charge is -2.28. The van der Waals surface area contributed by atoms with Crippen molar-refractivity contribution in [3.8, 4) is 0 Å². The van der Waals surface area contributed by atoms with E-state index in [1.54, 1.807) is 0 Å². The molecule has 1 aromatic rings. The number of amides is 1. The first-order chi connectivity index (χ1) is 9.37. The lowest BCUT2D eigenvalue weighted by molar-refractivity contribution is -0.124. The largest absolute Gasteiger partial charge is 0.348 e. The summed E-state index contributed by atoms with van der Waals surface area (Å²) in [5.41, 5.74) is 1.33. The third-order valence-electron chi connectivity index (χ3n) is 3.41. The van der Waals surface area contributed by atoms with Gasteiger partial charge in [-0.05, 0) is 30.9 Å². The Morgan fingerprint density at radius 1 is 1.20 bits per heavy atom. The van der Waals surface area contributed by atoms with Gasteiger partial charge < -0.3 is 10.6 Å². The summed E-state index contributed by atoms with van der Waals surface area (Å²) in [6.07, 6.45) is 1.71. The van der Waals surface area contributed by atoms with E-state index in [1.165, 1.54) is 5.56 Å². The van der Waals surface area contributed by atoms with Gasteiger partial charge in [0, 0.05) is 0 Å². The van der Waals surface area contributed by atoms with Gasteiger partial charge in [-0.15, -0.1) is 0 Å². The molecule has 2 unspecified atom stereocenters. The van der Waals surface area contributed by atoms with Crippen LogP contribution in [0.15, 0.2) is 30.3 Å². The van der Waals surface area contributed by atoms with Gasteiger partial charge in [0.15, 0.2) is 0 Å². The van der Waals surface area contributed by atoms with E-state index in [2.05, 4.69) is 43.5 Å². The minimum atomic E-state index is -0.124. The van der Waals surface area contributed by atoms with Gasteiger partial charge >= 0.3 is 0 Å². The van der Waals surface area contributed by atoms with E-state index < -0.39 is 0 Å². The zero-order valence-corrected chi connectivity index (χ0v) is 13.4. The van der Waals surface area contributed by atoms with Crippen LogP contribution in [0.3, 0.4) is 0 Å². The quantitative estimate of drug-likeness (QED) is 0.837. The van der Waals surface area contributed by atoms with Crippen molar-refractivity contribution in [2.75, 3.05) is 7.05 Å². The summed E-state index contributed by atoms with van der Waals surface area (Å²) in [6.45, 7) is 8.61. The molecule has 0 heterocycles. The summed E-state index contributed by atoms with van der Waals surface area (Å²) in [6, 6.07) is 10.1. The Bertz CT molecular complexity index is 405. The van der Waals surface area contributed by atoms with Crippen molar-refractivity contribution in [2.24, 2.45) is 5.41 Å². The molecule has 0 radical (unpaired) electrons. The zero-order valence-electron chi connectivity index (χ0n) is 13.4. The van der Waals surface area contributed by atoms with Gasteiger partial charge in [-0.3, -0.25) is 4.79 Å².